The molecule has 0 aromatic heterocycles. The summed E-state index contributed by atoms with van der Waals surface area (Å²) in [5.41, 5.74) is 0.821. The first-order valence-corrected chi connectivity index (χ1v) is 15.2. The third-order valence-electron chi connectivity index (χ3n) is 7.63. The number of aromatic hydroxyl groups is 1. The smallest absolute Gasteiger partial charge is 0.407 e. The predicted octanol–water partition coefficient (Wildman–Crippen LogP) is 2.42. The Bertz CT molecular complexity index is 1220. The van der Waals surface area contributed by atoms with Crippen molar-refractivity contribution in [1.29, 1.82) is 0 Å². The minimum absolute atomic E-state index is 0.0567. The molecule has 1 aliphatic carbocycles. The fourth-order valence-corrected chi connectivity index (χ4v) is 6.59. The molecule has 11 nitrogen and oxygen atoms in total. The van der Waals surface area contributed by atoms with Gasteiger partial charge in [-0.05, 0) is 55.5 Å². The number of benzene rings is 2. The Labute approximate surface area is 233 Å². The molecule has 3 aliphatic rings. The van der Waals surface area contributed by atoms with Gasteiger partial charge in [0.25, 0.3) is 0 Å². The Balaban J connectivity index is 1.35. The number of phenols is 1. The maximum Gasteiger partial charge on any atom is 0.407 e. The van der Waals surface area contributed by atoms with Gasteiger partial charge in [-0.15, -0.1) is 0 Å². The van der Waals surface area contributed by atoms with Crippen LogP contribution in [-0.4, -0.2) is 74.8 Å². The summed E-state index contributed by atoms with van der Waals surface area (Å²) >= 11 is 0. The zero-order valence-electron chi connectivity index (χ0n) is 22.1. The molecule has 0 radical (unpaired) electrons. The topological polar surface area (TPSA) is 153 Å². The van der Waals surface area contributed by atoms with Crippen LogP contribution >= 0.6 is 0 Å². The minimum atomic E-state index is -4.15. The summed E-state index contributed by atoms with van der Waals surface area (Å²) < 4.78 is 51.9. The average Bonchev–Trinajstić information content (AvgIpc) is 3.69. The number of phenolic OH excluding ortho intramolecular Hbond substituents is 1. The second-order valence-electron chi connectivity index (χ2n) is 10.5. The van der Waals surface area contributed by atoms with Crippen LogP contribution in [0.1, 0.15) is 37.7 Å². The molecule has 2 aromatic carbocycles. The van der Waals surface area contributed by atoms with E-state index in [2.05, 4.69) is 10.0 Å². The quantitative estimate of drug-likeness (QED) is 0.296. The molecule has 3 fully saturated rings. The second-order valence-corrected chi connectivity index (χ2v) is 12.2. The van der Waals surface area contributed by atoms with Crippen LogP contribution in [0.3, 0.4) is 0 Å². The van der Waals surface area contributed by atoms with Gasteiger partial charge in [0.1, 0.15) is 24.2 Å². The van der Waals surface area contributed by atoms with Gasteiger partial charge in [-0.1, -0.05) is 43.2 Å². The lowest BCUT2D eigenvalue weighted by molar-refractivity contribution is -0.0912. The van der Waals surface area contributed by atoms with E-state index in [1.807, 2.05) is 30.3 Å². The van der Waals surface area contributed by atoms with Crippen LogP contribution in [0.4, 0.5) is 4.79 Å². The number of ether oxygens (including phenoxy) is 4. The summed E-state index contributed by atoms with van der Waals surface area (Å²) in [7, 11) is -4.15. The van der Waals surface area contributed by atoms with E-state index in [9.17, 15) is 23.4 Å². The molecule has 5 rings (SSSR count). The van der Waals surface area contributed by atoms with E-state index < -0.39 is 40.6 Å². The van der Waals surface area contributed by atoms with Crippen LogP contribution in [0.25, 0.3) is 0 Å². The molecule has 2 saturated heterocycles. The lowest BCUT2D eigenvalue weighted by Crippen LogP contribution is -2.57. The number of hydrogen-bond acceptors (Lipinski definition) is 9. The standard InChI is InChI=1S/C28H36N2O9S/c31-19-10-12-21(13-11-19)40(34,35)30-26(38-20-8-4-5-9-20)25(32)23(16-18-6-2-1-3-7-18)29-28(33)39-24-17-37-27-22(24)14-15-36-27/h1-3,6-7,10-13,20,22-27,30-32H,4-5,8-9,14-17H2,(H,29,33)/t22-,23-,24-,25+,26?,27+/m0/s1. The molecule has 0 spiro atoms. The van der Waals surface area contributed by atoms with Crippen molar-refractivity contribution in [3.8, 4) is 5.75 Å². The highest BCUT2D eigenvalue weighted by atomic mass is 32.2. The first kappa shape index (κ1) is 28.8. The van der Waals surface area contributed by atoms with Gasteiger partial charge in [-0.25, -0.2) is 13.2 Å². The minimum Gasteiger partial charge on any atom is -0.508 e. The predicted molar refractivity (Wildman–Crippen MR) is 143 cm³/mol. The van der Waals surface area contributed by atoms with Crippen molar-refractivity contribution >= 4 is 16.1 Å². The number of carbonyl (C=O) groups excluding carboxylic acids is 1. The largest absolute Gasteiger partial charge is 0.508 e. The Morgan fingerprint density at radius 3 is 2.48 bits per heavy atom. The zero-order valence-corrected chi connectivity index (χ0v) is 22.9. The molecule has 218 valence electrons. The van der Waals surface area contributed by atoms with Gasteiger partial charge in [-0.2, -0.15) is 4.72 Å². The number of alkyl carbamates (subject to hydrolysis) is 1. The molecule has 2 aliphatic heterocycles. The summed E-state index contributed by atoms with van der Waals surface area (Å²) in [6.07, 6.45) is -0.456. The van der Waals surface area contributed by atoms with E-state index in [-0.39, 0.29) is 42.0 Å². The second kappa shape index (κ2) is 12.8. The Morgan fingerprint density at radius 2 is 1.75 bits per heavy atom. The summed E-state index contributed by atoms with van der Waals surface area (Å²) in [6, 6.07) is 13.3. The first-order chi connectivity index (χ1) is 19.3. The number of sulfonamides is 1. The highest BCUT2D eigenvalue weighted by Crippen LogP contribution is 2.33. The van der Waals surface area contributed by atoms with Gasteiger partial charge in [0.05, 0.1) is 36.2 Å². The number of hydrogen-bond donors (Lipinski definition) is 4. The molecule has 6 atom stereocenters. The van der Waals surface area contributed by atoms with Crippen LogP contribution in [0, 0.1) is 5.92 Å². The Kier molecular flexibility index (Phi) is 9.24. The highest BCUT2D eigenvalue weighted by Gasteiger charge is 2.44. The zero-order chi connectivity index (χ0) is 28.1. The van der Waals surface area contributed by atoms with Crippen LogP contribution < -0.4 is 10.0 Å². The molecule has 1 amide bonds. The number of aliphatic hydroxyl groups is 1. The van der Waals surface area contributed by atoms with Crippen LogP contribution in [0.2, 0.25) is 0 Å². The van der Waals surface area contributed by atoms with E-state index in [1.165, 1.54) is 24.3 Å². The average molecular weight is 577 g/mol. The van der Waals surface area contributed by atoms with E-state index in [0.29, 0.717) is 6.61 Å². The molecule has 1 saturated carbocycles. The van der Waals surface area contributed by atoms with Crippen molar-refractivity contribution in [3.05, 3.63) is 60.2 Å². The number of aliphatic hydroxyl groups excluding tert-OH is 1. The van der Waals surface area contributed by atoms with Crippen molar-refractivity contribution in [2.24, 2.45) is 5.92 Å². The molecular formula is C28H36N2O9S. The van der Waals surface area contributed by atoms with Crippen LogP contribution in [0.15, 0.2) is 59.5 Å². The van der Waals surface area contributed by atoms with E-state index in [1.54, 1.807) is 0 Å². The molecule has 1 unspecified atom stereocenters. The first-order valence-electron chi connectivity index (χ1n) is 13.7. The molecule has 40 heavy (non-hydrogen) atoms. The number of nitrogens with one attached hydrogen (secondary N) is 2. The molecule has 2 aromatic rings. The lowest BCUT2D eigenvalue weighted by atomic mass is 10.00. The van der Waals surface area contributed by atoms with E-state index in [0.717, 1.165) is 37.7 Å². The molecule has 12 heteroatoms. The third kappa shape index (κ3) is 7.12. The maximum atomic E-state index is 13.2. The van der Waals surface area contributed by atoms with Crippen molar-refractivity contribution in [3.63, 3.8) is 0 Å². The van der Waals surface area contributed by atoms with Gasteiger partial charge in [-0.3, -0.25) is 0 Å². The van der Waals surface area contributed by atoms with Gasteiger partial charge in [0, 0.05) is 0 Å². The van der Waals surface area contributed by atoms with Crippen LogP contribution in [0.5, 0.6) is 5.75 Å². The van der Waals surface area contributed by atoms with E-state index >= 15 is 0 Å². The Hall–Kier alpha value is -2.74. The molecule has 2 heterocycles. The monoisotopic (exact) mass is 576 g/mol. The summed E-state index contributed by atoms with van der Waals surface area (Å²) in [5, 5.41) is 23.9. The molecule has 4 N–H and O–H groups in total. The lowest BCUT2D eigenvalue weighted by Gasteiger charge is -2.33. The number of amides is 1. The fraction of sp³-hybridized carbons (Fsp3) is 0.536. The summed E-state index contributed by atoms with van der Waals surface area (Å²) in [5.74, 6) is -0.134. The maximum absolute atomic E-state index is 13.2. The van der Waals surface area contributed by atoms with Gasteiger partial charge >= 0.3 is 6.09 Å². The van der Waals surface area contributed by atoms with Crippen molar-refractivity contribution in [2.45, 2.75) is 80.3 Å². The third-order valence-corrected chi connectivity index (χ3v) is 9.06. The highest BCUT2D eigenvalue weighted by molar-refractivity contribution is 7.89. The van der Waals surface area contributed by atoms with Gasteiger partial charge in [0.2, 0.25) is 10.0 Å². The molecular weight excluding hydrogens is 540 g/mol. The van der Waals surface area contributed by atoms with E-state index in [4.69, 9.17) is 18.9 Å². The fourth-order valence-electron chi connectivity index (χ4n) is 5.46. The Morgan fingerprint density at radius 1 is 1.02 bits per heavy atom. The van der Waals surface area contributed by atoms with Crippen molar-refractivity contribution in [2.75, 3.05) is 13.2 Å². The number of carbonyl (C=O) groups is 1. The summed E-state index contributed by atoms with van der Waals surface area (Å²) in [6.45, 7) is 0.752. The summed E-state index contributed by atoms with van der Waals surface area (Å²) in [4.78, 5) is 13.0. The van der Waals surface area contributed by atoms with Crippen molar-refractivity contribution in [1.82, 2.24) is 10.0 Å². The number of fused-ring (bicyclic) bond motifs is 1. The van der Waals surface area contributed by atoms with Crippen molar-refractivity contribution < 1.29 is 42.4 Å². The van der Waals surface area contributed by atoms with Gasteiger partial charge in [0.15, 0.2) is 6.29 Å². The normalized spacial score (nSPS) is 25.3. The number of rotatable bonds is 11. The molecule has 0 bridgehead atoms. The SMILES string of the molecule is O=C(N[C@@H](Cc1ccccc1)[C@@H](O)C(NS(=O)(=O)c1ccc(O)cc1)OC1CCCC1)O[C@H]1CO[C@H]2OCC[C@H]21. The van der Waals surface area contributed by atoms with Crippen LogP contribution in [-0.2, 0) is 35.4 Å². The van der Waals surface area contributed by atoms with Gasteiger partial charge < -0.3 is 34.5 Å².